The smallest absolute Gasteiger partial charge is 0.309 e. The molecule has 0 aliphatic carbocycles. The van der Waals surface area contributed by atoms with E-state index in [-0.39, 0.29) is 35.9 Å². The highest BCUT2D eigenvalue weighted by Gasteiger charge is 2.27. The largest absolute Gasteiger partial charge is 0.466 e. The fourth-order valence-electron chi connectivity index (χ4n) is 3.42. The van der Waals surface area contributed by atoms with Crippen molar-refractivity contribution in [2.75, 3.05) is 26.7 Å². The summed E-state index contributed by atoms with van der Waals surface area (Å²) in [4.78, 5) is 18.4. The zero-order chi connectivity index (χ0) is 16.9. The van der Waals surface area contributed by atoms with Crippen LogP contribution in [0.3, 0.4) is 0 Å². The number of rotatable bonds is 4. The number of likely N-dealkylation sites (tertiary alicyclic amines) is 1. The lowest BCUT2D eigenvalue weighted by molar-refractivity contribution is -0.149. The highest BCUT2D eigenvalue weighted by atomic mass is 127. The maximum Gasteiger partial charge on any atom is 0.309 e. The van der Waals surface area contributed by atoms with Crippen molar-refractivity contribution in [2.24, 2.45) is 10.9 Å². The number of carbonyl (C=O) groups is 1. The molecular weight excluding hydrogens is 435 g/mol. The second kappa shape index (κ2) is 9.35. The second-order valence-corrected chi connectivity index (χ2v) is 6.20. The quantitative estimate of drug-likeness (QED) is 0.313. The molecule has 2 aliphatic heterocycles. The summed E-state index contributed by atoms with van der Waals surface area (Å²) in [5.41, 5.74) is 0. The number of aryl methyl sites for hydroxylation is 1. The van der Waals surface area contributed by atoms with Gasteiger partial charge in [0.05, 0.1) is 19.1 Å². The van der Waals surface area contributed by atoms with Crippen molar-refractivity contribution in [3.05, 3.63) is 11.6 Å². The summed E-state index contributed by atoms with van der Waals surface area (Å²) in [6.07, 6.45) is 3.77. The molecule has 140 valence electrons. The van der Waals surface area contributed by atoms with E-state index in [4.69, 9.17) is 4.74 Å². The maximum atomic E-state index is 11.8. The van der Waals surface area contributed by atoms with Gasteiger partial charge in [-0.2, -0.15) is 0 Å². The van der Waals surface area contributed by atoms with Crippen LogP contribution < -0.4 is 5.32 Å². The minimum absolute atomic E-state index is 0. The van der Waals surface area contributed by atoms with Crippen LogP contribution in [0.4, 0.5) is 0 Å². The minimum atomic E-state index is -0.0703. The molecule has 1 aromatic heterocycles. The highest BCUT2D eigenvalue weighted by Crippen LogP contribution is 2.19. The van der Waals surface area contributed by atoms with Gasteiger partial charge in [-0.05, 0) is 26.2 Å². The lowest BCUT2D eigenvalue weighted by Gasteiger charge is -2.33. The van der Waals surface area contributed by atoms with Crippen molar-refractivity contribution in [3.63, 3.8) is 0 Å². The zero-order valence-corrected chi connectivity index (χ0v) is 17.2. The standard InChI is InChI=1S/C16H26N6O2.HI/c1-3-24-15(23)12-6-9-21(10-7-12)16(17-2)18-11-14-20-19-13-5-4-8-22(13)14;/h12H,3-11H2,1-2H3,(H,17,18);1H. The monoisotopic (exact) mass is 462 g/mol. The van der Waals surface area contributed by atoms with Gasteiger partial charge in [0.25, 0.3) is 0 Å². The number of aliphatic imine (C=N–C) groups is 1. The van der Waals surface area contributed by atoms with Gasteiger partial charge in [0.15, 0.2) is 11.8 Å². The number of nitrogens with one attached hydrogen (secondary N) is 1. The summed E-state index contributed by atoms with van der Waals surface area (Å²) in [6, 6.07) is 0. The van der Waals surface area contributed by atoms with Gasteiger partial charge in [0.1, 0.15) is 5.82 Å². The van der Waals surface area contributed by atoms with E-state index in [9.17, 15) is 4.79 Å². The van der Waals surface area contributed by atoms with E-state index in [1.54, 1.807) is 7.05 Å². The third-order valence-corrected chi connectivity index (χ3v) is 4.72. The molecule has 0 atom stereocenters. The van der Waals surface area contributed by atoms with Crippen molar-refractivity contribution in [1.29, 1.82) is 0 Å². The van der Waals surface area contributed by atoms with Crippen LogP contribution in [0.1, 0.15) is 37.8 Å². The Kier molecular flexibility index (Phi) is 7.45. The van der Waals surface area contributed by atoms with Crippen LogP contribution in [0.5, 0.6) is 0 Å². The van der Waals surface area contributed by atoms with Crippen molar-refractivity contribution in [1.82, 2.24) is 25.0 Å². The number of piperidine rings is 1. The number of carbonyl (C=O) groups excluding carboxylic acids is 1. The number of nitrogens with zero attached hydrogens (tertiary/aromatic N) is 5. The summed E-state index contributed by atoms with van der Waals surface area (Å²) in [6.45, 7) is 5.54. The Balaban J connectivity index is 0.00000225. The van der Waals surface area contributed by atoms with Gasteiger partial charge >= 0.3 is 5.97 Å². The Morgan fingerprint density at radius 3 is 2.76 bits per heavy atom. The molecule has 8 nitrogen and oxygen atoms in total. The first-order valence-corrected chi connectivity index (χ1v) is 8.76. The molecular formula is C16H27IN6O2. The Bertz CT molecular complexity index is 610. The van der Waals surface area contributed by atoms with Crippen molar-refractivity contribution in [2.45, 2.75) is 45.7 Å². The zero-order valence-electron chi connectivity index (χ0n) is 14.9. The van der Waals surface area contributed by atoms with E-state index in [2.05, 4.69) is 30.0 Å². The molecule has 2 aliphatic rings. The molecule has 0 bridgehead atoms. The SMILES string of the molecule is CCOC(=O)C1CCN(C(=NC)NCc2nnc3n2CCC3)CC1.I. The van der Waals surface area contributed by atoms with E-state index in [1.165, 1.54) is 0 Å². The van der Waals surface area contributed by atoms with Crippen molar-refractivity contribution in [3.8, 4) is 0 Å². The normalized spacial score (nSPS) is 17.8. The van der Waals surface area contributed by atoms with Gasteiger partial charge in [0, 0.05) is 33.1 Å². The molecule has 0 amide bonds. The molecule has 0 radical (unpaired) electrons. The first-order chi connectivity index (χ1) is 11.7. The molecule has 0 aromatic carbocycles. The predicted molar refractivity (Wildman–Crippen MR) is 105 cm³/mol. The van der Waals surface area contributed by atoms with E-state index in [1.807, 2.05) is 6.92 Å². The number of hydrogen-bond acceptors (Lipinski definition) is 5. The molecule has 1 N–H and O–H groups in total. The average molecular weight is 462 g/mol. The fourth-order valence-corrected chi connectivity index (χ4v) is 3.42. The van der Waals surface area contributed by atoms with Gasteiger partial charge in [0.2, 0.25) is 0 Å². The number of aromatic nitrogens is 3. The first kappa shape index (κ1) is 19.9. The third kappa shape index (κ3) is 4.62. The number of halogens is 1. The summed E-state index contributed by atoms with van der Waals surface area (Å²) in [5, 5.41) is 11.9. The number of fused-ring (bicyclic) bond motifs is 1. The van der Waals surface area contributed by atoms with Gasteiger partial charge in [-0.25, -0.2) is 0 Å². The second-order valence-electron chi connectivity index (χ2n) is 6.20. The Labute approximate surface area is 165 Å². The van der Waals surface area contributed by atoms with Crippen LogP contribution in [0.25, 0.3) is 0 Å². The molecule has 0 spiro atoms. The Morgan fingerprint density at radius 1 is 1.32 bits per heavy atom. The van der Waals surface area contributed by atoms with Crippen LogP contribution in [0.15, 0.2) is 4.99 Å². The van der Waals surface area contributed by atoms with Crippen LogP contribution in [-0.4, -0.2) is 58.3 Å². The topological polar surface area (TPSA) is 84.6 Å². The van der Waals surface area contributed by atoms with Crippen LogP contribution in [0, 0.1) is 5.92 Å². The van der Waals surface area contributed by atoms with E-state index < -0.39 is 0 Å². The number of esters is 1. The van der Waals surface area contributed by atoms with E-state index >= 15 is 0 Å². The number of guanidine groups is 1. The summed E-state index contributed by atoms with van der Waals surface area (Å²) >= 11 is 0. The van der Waals surface area contributed by atoms with Crippen LogP contribution >= 0.6 is 24.0 Å². The molecule has 0 unspecified atom stereocenters. The maximum absolute atomic E-state index is 11.8. The number of ether oxygens (including phenoxy) is 1. The molecule has 25 heavy (non-hydrogen) atoms. The highest BCUT2D eigenvalue weighted by molar-refractivity contribution is 14.0. The molecule has 1 saturated heterocycles. The number of hydrogen-bond donors (Lipinski definition) is 1. The molecule has 3 heterocycles. The van der Waals surface area contributed by atoms with Crippen molar-refractivity contribution < 1.29 is 9.53 Å². The Morgan fingerprint density at radius 2 is 2.08 bits per heavy atom. The Hall–Kier alpha value is -1.39. The molecule has 3 rings (SSSR count). The lowest BCUT2D eigenvalue weighted by atomic mass is 9.97. The van der Waals surface area contributed by atoms with Gasteiger partial charge in [-0.3, -0.25) is 9.79 Å². The fraction of sp³-hybridized carbons (Fsp3) is 0.750. The summed E-state index contributed by atoms with van der Waals surface area (Å²) in [7, 11) is 1.79. The van der Waals surface area contributed by atoms with Crippen molar-refractivity contribution >= 4 is 35.9 Å². The first-order valence-electron chi connectivity index (χ1n) is 8.76. The third-order valence-electron chi connectivity index (χ3n) is 4.72. The molecule has 1 aromatic rings. The molecule has 9 heteroatoms. The van der Waals surface area contributed by atoms with Crippen LogP contribution in [0.2, 0.25) is 0 Å². The van der Waals surface area contributed by atoms with Gasteiger partial charge < -0.3 is 19.5 Å². The van der Waals surface area contributed by atoms with Gasteiger partial charge in [-0.15, -0.1) is 34.2 Å². The minimum Gasteiger partial charge on any atom is -0.466 e. The van der Waals surface area contributed by atoms with E-state index in [0.717, 1.165) is 62.9 Å². The summed E-state index contributed by atoms with van der Waals surface area (Å²) < 4.78 is 7.31. The average Bonchev–Trinajstić information content (AvgIpc) is 3.20. The van der Waals surface area contributed by atoms with E-state index in [0.29, 0.717) is 13.2 Å². The summed E-state index contributed by atoms with van der Waals surface area (Å²) in [5.74, 6) is 2.84. The predicted octanol–water partition coefficient (Wildman–Crippen LogP) is 1.19. The van der Waals surface area contributed by atoms with Crippen LogP contribution in [-0.2, 0) is 29.0 Å². The van der Waals surface area contributed by atoms with Gasteiger partial charge in [-0.1, -0.05) is 0 Å². The lowest BCUT2D eigenvalue weighted by Crippen LogP contribution is -2.46. The molecule has 0 saturated carbocycles. The molecule has 1 fully saturated rings.